The minimum atomic E-state index is -0.296. The van der Waals surface area contributed by atoms with Gasteiger partial charge in [-0.05, 0) is 43.5 Å². The number of likely N-dealkylation sites (N-methyl/N-ethyl adjacent to an activating group) is 1. The molecule has 1 aliphatic heterocycles. The maximum absolute atomic E-state index is 13.0. The zero-order valence-corrected chi connectivity index (χ0v) is 11.5. The van der Waals surface area contributed by atoms with Gasteiger partial charge in [-0.1, -0.05) is 24.6 Å². The van der Waals surface area contributed by atoms with Crippen LogP contribution in [0.25, 0.3) is 0 Å². The van der Waals surface area contributed by atoms with Crippen molar-refractivity contribution < 1.29 is 9.13 Å². The first kappa shape index (κ1) is 13.8. The molecule has 1 aliphatic rings. The van der Waals surface area contributed by atoms with E-state index in [1.54, 1.807) is 6.07 Å². The maximum Gasteiger partial charge on any atom is 0.124 e. The van der Waals surface area contributed by atoms with E-state index >= 15 is 0 Å². The minimum absolute atomic E-state index is 0.205. The van der Waals surface area contributed by atoms with E-state index in [-0.39, 0.29) is 18.0 Å². The van der Waals surface area contributed by atoms with Gasteiger partial charge in [0.15, 0.2) is 0 Å². The summed E-state index contributed by atoms with van der Waals surface area (Å²) in [6, 6.07) is 4.78. The highest BCUT2D eigenvalue weighted by molar-refractivity contribution is 6.31. The van der Waals surface area contributed by atoms with Crippen molar-refractivity contribution in [2.45, 2.75) is 31.9 Å². The van der Waals surface area contributed by atoms with E-state index in [2.05, 4.69) is 12.2 Å². The molecule has 3 atom stereocenters. The molecular weight excluding hydrogens is 253 g/mol. The Hall–Kier alpha value is -0.640. The number of halogens is 2. The van der Waals surface area contributed by atoms with Crippen molar-refractivity contribution >= 4 is 11.6 Å². The molecular formula is C14H19ClFNO. The zero-order chi connectivity index (χ0) is 13.1. The Morgan fingerprint density at radius 2 is 2.33 bits per heavy atom. The lowest BCUT2D eigenvalue weighted by Crippen LogP contribution is -2.42. The molecule has 0 saturated carbocycles. The molecule has 18 heavy (non-hydrogen) atoms. The van der Waals surface area contributed by atoms with Crippen LogP contribution in [0.3, 0.4) is 0 Å². The Morgan fingerprint density at radius 3 is 2.89 bits per heavy atom. The second-order valence-electron chi connectivity index (χ2n) is 4.94. The average molecular weight is 272 g/mol. The molecule has 1 saturated heterocycles. The first-order valence-electron chi connectivity index (χ1n) is 6.34. The first-order valence-corrected chi connectivity index (χ1v) is 6.72. The maximum atomic E-state index is 13.0. The molecule has 0 aromatic heterocycles. The highest BCUT2D eigenvalue weighted by Gasteiger charge is 2.31. The number of hydrogen-bond acceptors (Lipinski definition) is 2. The Labute approximate surface area is 112 Å². The van der Waals surface area contributed by atoms with Gasteiger partial charge in [-0.3, -0.25) is 0 Å². The number of hydrogen-bond donors (Lipinski definition) is 1. The first-order chi connectivity index (χ1) is 8.61. The summed E-state index contributed by atoms with van der Waals surface area (Å²) in [5.41, 5.74) is 0.958. The SMILES string of the molecule is CNC(Cc1ccc(F)cc1Cl)C1OCCC1C. The highest BCUT2D eigenvalue weighted by Crippen LogP contribution is 2.26. The molecule has 4 heteroatoms. The van der Waals surface area contributed by atoms with Gasteiger partial charge in [0.25, 0.3) is 0 Å². The standard InChI is InChI=1S/C14H19ClFNO/c1-9-5-6-18-14(9)13(17-2)7-10-3-4-11(16)8-12(10)15/h3-4,8-9,13-14,17H,5-7H2,1-2H3. The quantitative estimate of drug-likeness (QED) is 0.909. The largest absolute Gasteiger partial charge is 0.376 e. The van der Waals surface area contributed by atoms with Gasteiger partial charge >= 0.3 is 0 Å². The summed E-state index contributed by atoms with van der Waals surface area (Å²) in [5.74, 6) is 0.247. The van der Waals surface area contributed by atoms with Crippen LogP contribution < -0.4 is 5.32 Å². The van der Waals surface area contributed by atoms with Gasteiger partial charge in [-0.15, -0.1) is 0 Å². The van der Waals surface area contributed by atoms with Crippen molar-refractivity contribution in [1.82, 2.24) is 5.32 Å². The molecule has 0 bridgehead atoms. The predicted molar refractivity (Wildman–Crippen MR) is 71.5 cm³/mol. The topological polar surface area (TPSA) is 21.3 Å². The van der Waals surface area contributed by atoms with Gasteiger partial charge in [0.05, 0.1) is 6.10 Å². The number of benzene rings is 1. The smallest absolute Gasteiger partial charge is 0.124 e. The third-order valence-corrected chi connectivity index (χ3v) is 4.02. The average Bonchev–Trinajstić information content (AvgIpc) is 2.75. The molecule has 1 aromatic carbocycles. The fourth-order valence-electron chi connectivity index (χ4n) is 2.54. The number of ether oxygens (including phenoxy) is 1. The van der Waals surface area contributed by atoms with E-state index in [0.717, 1.165) is 25.0 Å². The third kappa shape index (κ3) is 3.02. The van der Waals surface area contributed by atoms with E-state index in [9.17, 15) is 4.39 Å². The molecule has 100 valence electrons. The molecule has 0 amide bonds. The molecule has 0 radical (unpaired) electrons. The van der Waals surface area contributed by atoms with Crippen molar-refractivity contribution in [2.75, 3.05) is 13.7 Å². The Balaban J connectivity index is 2.10. The lowest BCUT2D eigenvalue weighted by atomic mass is 9.93. The van der Waals surface area contributed by atoms with Crippen LogP contribution in [0.1, 0.15) is 18.9 Å². The zero-order valence-electron chi connectivity index (χ0n) is 10.7. The van der Waals surface area contributed by atoms with Crippen molar-refractivity contribution in [3.05, 3.63) is 34.6 Å². The summed E-state index contributed by atoms with van der Waals surface area (Å²) < 4.78 is 18.8. The van der Waals surface area contributed by atoms with Crippen LogP contribution in [-0.2, 0) is 11.2 Å². The number of nitrogens with one attached hydrogen (secondary N) is 1. The van der Waals surface area contributed by atoms with Gasteiger partial charge in [0, 0.05) is 17.7 Å². The van der Waals surface area contributed by atoms with Crippen molar-refractivity contribution in [1.29, 1.82) is 0 Å². The van der Waals surface area contributed by atoms with E-state index in [4.69, 9.17) is 16.3 Å². The molecule has 0 aliphatic carbocycles. The van der Waals surface area contributed by atoms with Crippen LogP contribution in [0, 0.1) is 11.7 Å². The van der Waals surface area contributed by atoms with E-state index in [1.807, 2.05) is 7.05 Å². The fraction of sp³-hybridized carbons (Fsp3) is 0.571. The van der Waals surface area contributed by atoms with Crippen molar-refractivity contribution in [3.8, 4) is 0 Å². The predicted octanol–water partition coefficient (Wildman–Crippen LogP) is 3.03. The van der Waals surface area contributed by atoms with Crippen LogP contribution in [0.15, 0.2) is 18.2 Å². The second-order valence-corrected chi connectivity index (χ2v) is 5.34. The summed E-state index contributed by atoms with van der Waals surface area (Å²) in [6.07, 6.45) is 2.06. The molecule has 3 unspecified atom stereocenters. The van der Waals surface area contributed by atoms with Gasteiger partial charge in [0.1, 0.15) is 5.82 Å². The summed E-state index contributed by atoms with van der Waals surface area (Å²) in [6.45, 7) is 3.02. The minimum Gasteiger partial charge on any atom is -0.376 e. The molecule has 1 aromatic rings. The van der Waals surface area contributed by atoms with Crippen LogP contribution in [0.5, 0.6) is 0 Å². The lowest BCUT2D eigenvalue weighted by molar-refractivity contribution is 0.0634. The van der Waals surface area contributed by atoms with Crippen LogP contribution >= 0.6 is 11.6 Å². The summed E-state index contributed by atoms with van der Waals surface area (Å²) in [7, 11) is 1.93. The lowest BCUT2D eigenvalue weighted by Gasteiger charge is -2.26. The molecule has 1 heterocycles. The van der Waals surface area contributed by atoms with Crippen LogP contribution in [0.4, 0.5) is 4.39 Å². The van der Waals surface area contributed by atoms with Crippen LogP contribution in [0.2, 0.25) is 5.02 Å². The molecule has 2 nitrogen and oxygen atoms in total. The van der Waals surface area contributed by atoms with E-state index < -0.39 is 0 Å². The highest BCUT2D eigenvalue weighted by atomic mass is 35.5. The van der Waals surface area contributed by atoms with Gasteiger partial charge in [0.2, 0.25) is 0 Å². The second kappa shape index (κ2) is 6.00. The van der Waals surface area contributed by atoms with E-state index in [1.165, 1.54) is 12.1 Å². The summed E-state index contributed by atoms with van der Waals surface area (Å²) in [5, 5.41) is 3.77. The Morgan fingerprint density at radius 1 is 1.56 bits per heavy atom. The summed E-state index contributed by atoms with van der Waals surface area (Å²) in [4.78, 5) is 0. The van der Waals surface area contributed by atoms with E-state index in [0.29, 0.717) is 10.9 Å². The van der Waals surface area contributed by atoms with Gasteiger partial charge in [-0.25, -0.2) is 4.39 Å². The normalized spacial score (nSPS) is 25.3. The molecule has 1 N–H and O–H groups in total. The monoisotopic (exact) mass is 271 g/mol. The Kier molecular flexibility index (Phi) is 4.60. The molecule has 0 spiro atoms. The summed E-state index contributed by atoms with van der Waals surface area (Å²) >= 11 is 6.07. The Bertz CT molecular complexity index is 413. The van der Waals surface area contributed by atoms with Crippen LogP contribution in [-0.4, -0.2) is 25.8 Å². The molecule has 1 fully saturated rings. The fourth-order valence-corrected chi connectivity index (χ4v) is 2.78. The van der Waals surface area contributed by atoms with Gasteiger partial charge < -0.3 is 10.1 Å². The van der Waals surface area contributed by atoms with Crippen molar-refractivity contribution in [2.24, 2.45) is 5.92 Å². The molecule has 2 rings (SSSR count). The van der Waals surface area contributed by atoms with Gasteiger partial charge in [-0.2, -0.15) is 0 Å². The van der Waals surface area contributed by atoms with Crippen molar-refractivity contribution in [3.63, 3.8) is 0 Å². The third-order valence-electron chi connectivity index (χ3n) is 3.67. The number of rotatable bonds is 4.